The first-order chi connectivity index (χ1) is 15.0. The fourth-order valence-corrected chi connectivity index (χ4v) is 3.56. The van der Waals surface area contributed by atoms with E-state index >= 15 is 0 Å². The standard InChI is InChI=1S/C25H23FN2O3/c1-18(29)19-2-8-22(9-3-19)27-14-16-28(17-15-27)25(30)20-4-10-23(11-5-20)31-24-12-6-21(26)7-13-24/h2-13H,14-17H2,1H3. The number of halogens is 1. The number of rotatable bonds is 5. The molecule has 0 N–H and O–H groups in total. The third-order valence-electron chi connectivity index (χ3n) is 5.36. The summed E-state index contributed by atoms with van der Waals surface area (Å²) in [4.78, 5) is 28.3. The summed E-state index contributed by atoms with van der Waals surface area (Å²) in [6.45, 7) is 4.27. The molecule has 1 aliphatic rings. The van der Waals surface area contributed by atoms with Gasteiger partial charge in [-0.05, 0) is 79.7 Å². The van der Waals surface area contributed by atoms with Gasteiger partial charge < -0.3 is 14.5 Å². The van der Waals surface area contributed by atoms with E-state index in [-0.39, 0.29) is 17.5 Å². The van der Waals surface area contributed by atoms with Crippen LogP contribution in [0.25, 0.3) is 0 Å². The summed E-state index contributed by atoms with van der Waals surface area (Å²) in [5, 5.41) is 0. The average molecular weight is 418 g/mol. The molecule has 1 saturated heterocycles. The van der Waals surface area contributed by atoms with Crippen LogP contribution in [-0.2, 0) is 0 Å². The highest BCUT2D eigenvalue weighted by Gasteiger charge is 2.22. The smallest absolute Gasteiger partial charge is 0.253 e. The summed E-state index contributed by atoms with van der Waals surface area (Å²) < 4.78 is 18.7. The van der Waals surface area contributed by atoms with Gasteiger partial charge >= 0.3 is 0 Å². The van der Waals surface area contributed by atoms with E-state index in [0.29, 0.717) is 35.7 Å². The van der Waals surface area contributed by atoms with E-state index in [9.17, 15) is 14.0 Å². The molecular weight excluding hydrogens is 395 g/mol. The largest absolute Gasteiger partial charge is 0.457 e. The minimum absolute atomic E-state index is 0.0140. The molecule has 1 aliphatic heterocycles. The second-order valence-corrected chi connectivity index (χ2v) is 7.46. The molecule has 1 fully saturated rings. The molecule has 5 nitrogen and oxygen atoms in total. The molecule has 0 aromatic heterocycles. The number of piperazine rings is 1. The molecule has 31 heavy (non-hydrogen) atoms. The molecule has 1 amide bonds. The molecule has 0 spiro atoms. The van der Waals surface area contributed by atoms with Gasteiger partial charge in [-0.1, -0.05) is 0 Å². The normalized spacial score (nSPS) is 13.7. The number of hydrogen-bond acceptors (Lipinski definition) is 4. The highest BCUT2D eigenvalue weighted by atomic mass is 19.1. The van der Waals surface area contributed by atoms with Crippen LogP contribution in [0.5, 0.6) is 11.5 Å². The number of carbonyl (C=O) groups is 2. The Morgan fingerprint density at radius 2 is 1.26 bits per heavy atom. The van der Waals surface area contributed by atoms with Crippen LogP contribution in [0.15, 0.2) is 72.8 Å². The third kappa shape index (κ3) is 4.91. The maximum Gasteiger partial charge on any atom is 0.253 e. The predicted molar refractivity (Wildman–Crippen MR) is 117 cm³/mol. The summed E-state index contributed by atoms with van der Waals surface area (Å²) in [5.41, 5.74) is 2.36. The van der Waals surface area contributed by atoms with Crippen molar-refractivity contribution >= 4 is 17.4 Å². The molecule has 0 aliphatic carbocycles. The maximum atomic E-state index is 13.0. The second-order valence-electron chi connectivity index (χ2n) is 7.46. The fourth-order valence-electron chi connectivity index (χ4n) is 3.56. The molecule has 1 heterocycles. The lowest BCUT2D eigenvalue weighted by Gasteiger charge is -2.36. The Labute approximate surface area is 180 Å². The van der Waals surface area contributed by atoms with Crippen molar-refractivity contribution in [1.29, 1.82) is 0 Å². The molecule has 0 unspecified atom stereocenters. The van der Waals surface area contributed by atoms with E-state index in [4.69, 9.17) is 4.74 Å². The van der Waals surface area contributed by atoms with Gasteiger partial charge in [0, 0.05) is 43.0 Å². The van der Waals surface area contributed by atoms with E-state index in [1.165, 1.54) is 12.1 Å². The number of ketones is 1. The number of nitrogens with zero attached hydrogens (tertiary/aromatic N) is 2. The Kier molecular flexibility index (Phi) is 5.98. The van der Waals surface area contributed by atoms with Crippen molar-refractivity contribution in [1.82, 2.24) is 4.90 Å². The van der Waals surface area contributed by atoms with Crippen LogP contribution in [0.3, 0.4) is 0 Å². The summed E-state index contributed by atoms with van der Waals surface area (Å²) in [6, 6.07) is 20.3. The van der Waals surface area contributed by atoms with Crippen molar-refractivity contribution in [3.8, 4) is 11.5 Å². The summed E-state index contributed by atoms with van der Waals surface area (Å²) in [5.74, 6) is 0.840. The minimum Gasteiger partial charge on any atom is -0.457 e. The SMILES string of the molecule is CC(=O)c1ccc(N2CCN(C(=O)c3ccc(Oc4ccc(F)cc4)cc3)CC2)cc1. The molecule has 0 atom stereocenters. The zero-order chi connectivity index (χ0) is 21.8. The number of benzene rings is 3. The van der Waals surface area contributed by atoms with E-state index < -0.39 is 0 Å². The van der Waals surface area contributed by atoms with Crippen molar-refractivity contribution in [3.63, 3.8) is 0 Å². The maximum absolute atomic E-state index is 13.0. The van der Waals surface area contributed by atoms with E-state index in [0.717, 1.165) is 18.8 Å². The molecular formula is C25H23FN2O3. The van der Waals surface area contributed by atoms with Crippen LogP contribution in [-0.4, -0.2) is 42.8 Å². The fraction of sp³-hybridized carbons (Fsp3) is 0.200. The lowest BCUT2D eigenvalue weighted by molar-refractivity contribution is 0.0746. The van der Waals surface area contributed by atoms with Crippen LogP contribution in [0.4, 0.5) is 10.1 Å². The second kappa shape index (κ2) is 9.00. The van der Waals surface area contributed by atoms with Gasteiger partial charge in [-0.2, -0.15) is 0 Å². The zero-order valence-electron chi connectivity index (χ0n) is 17.3. The van der Waals surface area contributed by atoms with Crippen LogP contribution in [0.1, 0.15) is 27.6 Å². The van der Waals surface area contributed by atoms with Gasteiger partial charge in [0.05, 0.1) is 0 Å². The Morgan fingerprint density at radius 1 is 0.742 bits per heavy atom. The number of ether oxygens (including phenoxy) is 1. The molecule has 0 saturated carbocycles. The minimum atomic E-state index is -0.318. The lowest BCUT2D eigenvalue weighted by atomic mass is 10.1. The summed E-state index contributed by atoms with van der Waals surface area (Å²) >= 11 is 0. The monoisotopic (exact) mass is 418 g/mol. The first-order valence-corrected chi connectivity index (χ1v) is 10.2. The zero-order valence-corrected chi connectivity index (χ0v) is 17.3. The topological polar surface area (TPSA) is 49.9 Å². The molecule has 158 valence electrons. The van der Waals surface area contributed by atoms with Gasteiger partial charge in [0.15, 0.2) is 5.78 Å². The van der Waals surface area contributed by atoms with Crippen molar-refractivity contribution in [2.45, 2.75) is 6.92 Å². The summed E-state index contributed by atoms with van der Waals surface area (Å²) in [7, 11) is 0. The molecule has 0 bridgehead atoms. The Morgan fingerprint density at radius 3 is 1.81 bits per heavy atom. The highest BCUT2D eigenvalue weighted by molar-refractivity contribution is 5.95. The van der Waals surface area contributed by atoms with Gasteiger partial charge in [0.1, 0.15) is 17.3 Å². The predicted octanol–water partition coefficient (Wildman–Crippen LogP) is 4.78. The Hall–Kier alpha value is -3.67. The average Bonchev–Trinajstić information content (AvgIpc) is 2.81. The number of hydrogen-bond donors (Lipinski definition) is 0. The van der Waals surface area contributed by atoms with E-state index in [2.05, 4.69) is 4.90 Å². The van der Waals surface area contributed by atoms with Gasteiger partial charge in [0.25, 0.3) is 5.91 Å². The van der Waals surface area contributed by atoms with Crippen molar-refractivity contribution in [3.05, 3.63) is 89.7 Å². The summed E-state index contributed by atoms with van der Waals surface area (Å²) in [6.07, 6.45) is 0. The highest BCUT2D eigenvalue weighted by Crippen LogP contribution is 2.23. The van der Waals surface area contributed by atoms with Gasteiger partial charge in [0.2, 0.25) is 0 Å². The first-order valence-electron chi connectivity index (χ1n) is 10.2. The van der Waals surface area contributed by atoms with Gasteiger partial charge in [-0.3, -0.25) is 9.59 Å². The van der Waals surface area contributed by atoms with Crippen LogP contribution in [0, 0.1) is 5.82 Å². The molecule has 0 radical (unpaired) electrons. The molecule has 3 aromatic carbocycles. The van der Waals surface area contributed by atoms with Gasteiger partial charge in [-0.25, -0.2) is 4.39 Å². The third-order valence-corrected chi connectivity index (χ3v) is 5.36. The lowest BCUT2D eigenvalue weighted by Crippen LogP contribution is -2.48. The van der Waals surface area contributed by atoms with Crippen molar-refractivity contribution in [2.24, 2.45) is 0 Å². The quantitative estimate of drug-likeness (QED) is 0.560. The van der Waals surface area contributed by atoms with Crippen LogP contribution < -0.4 is 9.64 Å². The molecule has 4 rings (SSSR count). The van der Waals surface area contributed by atoms with Crippen LogP contribution in [0.2, 0.25) is 0 Å². The van der Waals surface area contributed by atoms with Crippen molar-refractivity contribution < 1.29 is 18.7 Å². The number of carbonyl (C=O) groups excluding carboxylic acids is 2. The Bertz CT molecular complexity index is 1060. The number of Topliss-reactive ketones (excluding diaryl/α,β-unsaturated/α-hetero) is 1. The number of anilines is 1. The van der Waals surface area contributed by atoms with Crippen molar-refractivity contribution in [2.75, 3.05) is 31.1 Å². The van der Waals surface area contributed by atoms with Gasteiger partial charge in [-0.15, -0.1) is 0 Å². The number of amides is 1. The van der Waals surface area contributed by atoms with E-state index in [1.54, 1.807) is 43.3 Å². The van der Waals surface area contributed by atoms with E-state index in [1.807, 2.05) is 29.2 Å². The Balaban J connectivity index is 1.33. The first kappa shape index (κ1) is 20.6. The molecule has 3 aromatic rings. The molecule has 6 heteroatoms. The van der Waals surface area contributed by atoms with Crippen LogP contribution >= 0.6 is 0 Å².